The zero-order chi connectivity index (χ0) is 46.4. The minimum atomic E-state index is -3.30. The molecule has 0 radical (unpaired) electrons. The summed E-state index contributed by atoms with van der Waals surface area (Å²) in [6, 6.07) is 22.3. The molecule has 10 rings (SSSR count). The van der Waals surface area contributed by atoms with E-state index in [4.69, 9.17) is 19.2 Å². The third-order valence-corrected chi connectivity index (χ3v) is 13.7. The third kappa shape index (κ3) is 8.14. The van der Waals surface area contributed by atoms with Gasteiger partial charge < -0.3 is 44.6 Å². The molecule has 67 heavy (non-hydrogen) atoms. The molecular weight excluding hydrogens is 863 g/mol. The Morgan fingerprint density at radius 1 is 0.731 bits per heavy atom. The van der Waals surface area contributed by atoms with Gasteiger partial charge >= 0.3 is 12.2 Å². The van der Waals surface area contributed by atoms with E-state index in [0.29, 0.717) is 114 Å². The molecule has 15 nitrogen and oxygen atoms in total. The van der Waals surface area contributed by atoms with Crippen molar-refractivity contribution in [1.82, 2.24) is 40.4 Å². The molecule has 346 valence electrons. The summed E-state index contributed by atoms with van der Waals surface area (Å²) in [5, 5.41) is 5.45. The van der Waals surface area contributed by atoms with Crippen molar-refractivity contribution in [2.45, 2.75) is 68.6 Å². The van der Waals surface area contributed by atoms with Crippen molar-refractivity contribution < 1.29 is 42.2 Å². The third-order valence-electron chi connectivity index (χ3n) is 13.7. The van der Waals surface area contributed by atoms with Gasteiger partial charge in [0.15, 0.2) is 0 Å². The van der Waals surface area contributed by atoms with E-state index >= 15 is 8.78 Å². The molecule has 0 bridgehead atoms. The molecule has 4 amide bonds. The fraction of sp³-hybridized carbons (Fsp3) is 0.360. The molecule has 3 aliphatic heterocycles. The summed E-state index contributed by atoms with van der Waals surface area (Å²) >= 11 is 0. The topological polar surface area (TPSA) is 184 Å². The number of hydrogen-bond acceptors (Lipinski definition) is 9. The lowest BCUT2D eigenvalue weighted by Gasteiger charge is -2.34. The number of alkyl carbamates (subject to hydrolysis) is 2. The number of alkyl halides is 2. The average Bonchev–Trinajstić information content (AvgIpc) is 4.23. The van der Waals surface area contributed by atoms with Crippen LogP contribution in [0.25, 0.3) is 44.5 Å². The molecule has 4 atom stereocenters. The molecule has 4 aliphatic rings. The maximum absolute atomic E-state index is 16.6. The Balaban J connectivity index is 0.869. The number of rotatable bonds is 10. The normalized spacial score (nSPS) is 19.7. The highest BCUT2D eigenvalue weighted by molar-refractivity contribution is 5.89. The number of ether oxygens (including phenoxy) is 3. The van der Waals surface area contributed by atoms with Gasteiger partial charge in [0.1, 0.15) is 23.7 Å². The number of imidazole rings is 2. The molecule has 4 aromatic carbocycles. The van der Waals surface area contributed by atoms with Crippen LogP contribution in [-0.2, 0) is 29.7 Å². The first kappa shape index (κ1) is 43.7. The van der Waals surface area contributed by atoms with Crippen molar-refractivity contribution in [1.29, 1.82) is 0 Å². The Kier molecular flexibility index (Phi) is 11.7. The number of carbonyl (C=O) groups excluding carboxylic acids is 4. The van der Waals surface area contributed by atoms with E-state index in [1.807, 2.05) is 30.3 Å². The number of methoxy groups -OCH3 is 2. The van der Waals surface area contributed by atoms with Gasteiger partial charge in [-0.15, -0.1) is 0 Å². The molecule has 1 unspecified atom stereocenters. The second kappa shape index (κ2) is 17.9. The summed E-state index contributed by atoms with van der Waals surface area (Å²) in [5.41, 5.74) is 5.08. The second-order valence-electron chi connectivity index (χ2n) is 17.6. The minimum absolute atomic E-state index is 0.0961. The number of halogens is 2. The molecule has 3 fully saturated rings. The van der Waals surface area contributed by atoms with Gasteiger partial charge in [0.2, 0.25) is 5.91 Å². The summed E-state index contributed by atoms with van der Waals surface area (Å²) < 4.78 is 48.5. The summed E-state index contributed by atoms with van der Waals surface area (Å²) in [4.78, 5) is 72.5. The maximum atomic E-state index is 16.6. The molecule has 2 aromatic heterocycles. The largest absolute Gasteiger partial charge is 0.453 e. The number of nitrogens with zero attached hydrogens (tertiary/aromatic N) is 4. The van der Waals surface area contributed by atoms with Crippen molar-refractivity contribution in [3.63, 3.8) is 0 Å². The Morgan fingerprint density at radius 3 is 2.04 bits per heavy atom. The van der Waals surface area contributed by atoms with E-state index in [1.165, 1.54) is 20.3 Å². The standard InChI is InChI=1S/C50H50F2N8O7/c1-65-48(63)57-42(28-8-4-3-5-9-28)46(61)60-21-7-11-41(60)45-54-37-17-14-31(26-38(37)55-45)30-12-15-33-34-16-13-32(25-36(34)50(51,52)35(33)24-30)39-27-53-44(56-39)40-10-6-20-59(40)47(62)43(58-49(64)66-2)29-18-22-67-23-19-29/h3-5,8-9,12-17,24-27,29,40-43H,6-7,10-11,18-23H2,1-2H3,(H,53,56)(H,54,55)(H,57,63)(H,58,64)/t40?,41-,42+,43-/m0/s1. The van der Waals surface area contributed by atoms with Gasteiger partial charge in [-0.1, -0.05) is 60.7 Å². The van der Waals surface area contributed by atoms with E-state index in [2.05, 4.69) is 25.6 Å². The molecule has 1 aliphatic carbocycles. The van der Waals surface area contributed by atoms with Gasteiger partial charge in [-0.2, -0.15) is 8.78 Å². The first-order chi connectivity index (χ1) is 32.5. The van der Waals surface area contributed by atoms with Crippen LogP contribution in [0.2, 0.25) is 0 Å². The second-order valence-corrected chi connectivity index (χ2v) is 17.6. The van der Waals surface area contributed by atoms with E-state index in [1.54, 1.807) is 64.5 Å². The number of hydrogen-bond donors (Lipinski definition) is 4. The van der Waals surface area contributed by atoms with Gasteiger partial charge in [0, 0.05) is 43.0 Å². The van der Waals surface area contributed by atoms with E-state index < -0.39 is 30.2 Å². The first-order valence-corrected chi connectivity index (χ1v) is 22.7. The number of amides is 4. The van der Waals surface area contributed by atoms with Crippen molar-refractivity contribution in [3.8, 4) is 33.5 Å². The van der Waals surface area contributed by atoms with Crippen LogP contribution in [0.1, 0.15) is 85.0 Å². The van der Waals surface area contributed by atoms with Crippen LogP contribution in [-0.4, -0.2) is 100 Å². The van der Waals surface area contributed by atoms with E-state index in [0.717, 1.165) is 12.8 Å². The Bertz CT molecular complexity index is 2860. The summed E-state index contributed by atoms with van der Waals surface area (Å²) in [5.74, 6) is -2.76. The predicted octanol–water partition coefficient (Wildman–Crippen LogP) is 8.32. The predicted molar refractivity (Wildman–Crippen MR) is 243 cm³/mol. The summed E-state index contributed by atoms with van der Waals surface area (Å²) in [6.07, 6.45) is 4.28. The van der Waals surface area contributed by atoms with Gasteiger partial charge in [-0.05, 0) is 96.5 Å². The van der Waals surface area contributed by atoms with Crippen molar-refractivity contribution in [2.75, 3.05) is 40.5 Å². The highest BCUT2D eigenvalue weighted by Gasteiger charge is 2.45. The van der Waals surface area contributed by atoms with Gasteiger partial charge in [0.25, 0.3) is 11.8 Å². The molecule has 3 saturated heterocycles. The minimum Gasteiger partial charge on any atom is -0.453 e. The van der Waals surface area contributed by atoms with Crippen molar-refractivity contribution in [2.24, 2.45) is 5.92 Å². The molecule has 0 spiro atoms. The van der Waals surface area contributed by atoms with Crippen LogP contribution < -0.4 is 10.6 Å². The average molecular weight is 913 g/mol. The quantitative estimate of drug-likeness (QED) is 0.105. The fourth-order valence-electron chi connectivity index (χ4n) is 10.3. The number of fused-ring (bicyclic) bond motifs is 4. The SMILES string of the molecule is COC(=O)N[C@H](C(=O)N1CCCC1c1ncc(-c2ccc3c(c2)C(F)(F)c2cc(-c4ccc5nc([C@@H]6CCCN6C(=O)[C@H](NC(=O)OC)c6ccccc6)[nH]c5c4)ccc2-3)[nH]1)C1CCOCC1. The van der Waals surface area contributed by atoms with E-state index in [-0.39, 0.29) is 40.9 Å². The van der Waals surface area contributed by atoms with Crippen LogP contribution in [0.5, 0.6) is 0 Å². The smallest absolute Gasteiger partial charge is 0.407 e. The van der Waals surface area contributed by atoms with Gasteiger partial charge in [0.05, 0.1) is 49.2 Å². The van der Waals surface area contributed by atoms with E-state index in [9.17, 15) is 19.2 Å². The lowest BCUT2D eigenvalue weighted by atomic mass is 9.90. The van der Waals surface area contributed by atoms with Gasteiger partial charge in [-0.3, -0.25) is 9.59 Å². The van der Waals surface area contributed by atoms with Crippen LogP contribution >= 0.6 is 0 Å². The summed E-state index contributed by atoms with van der Waals surface area (Å²) in [6.45, 7) is 1.97. The molecule has 17 heteroatoms. The Hall–Kier alpha value is -7.14. The first-order valence-electron chi connectivity index (χ1n) is 22.7. The van der Waals surface area contributed by atoms with Crippen LogP contribution in [0.15, 0.2) is 91.1 Å². The Morgan fingerprint density at radius 2 is 1.34 bits per heavy atom. The number of aromatic nitrogens is 4. The van der Waals surface area contributed by atoms with Crippen LogP contribution in [0.4, 0.5) is 18.4 Å². The number of H-pyrrole nitrogens is 2. The summed E-state index contributed by atoms with van der Waals surface area (Å²) in [7, 11) is 2.52. The Labute approximate surface area is 384 Å². The van der Waals surface area contributed by atoms with Crippen LogP contribution in [0, 0.1) is 5.92 Å². The fourth-order valence-corrected chi connectivity index (χ4v) is 10.3. The number of likely N-dealkylation sites (tertiary alicyclic amines) is 2. The van der Waals surface area contributed by atoms with Crippen LogP contribution in [0.3, 0.4) is 0 Å². The van der Waals surface area contributed by atoms with Crippen molar-refractivity contribution in [3.05, 3.63) is 119 Å². The number of aromatic amines is 2. The number of nitrogens with one attached hydrogen (secondary N) is 4. The zero-order valence-electron chi connectivity index (χ0n) is 37.0. The molecule has 6 aromatic rings. The lowest BCUT2D eigenvalue weighted by Crippen LogP contribution is -2.53. The molecular formula is C50H50F2N8O7. The van der Waals surface area contributed by atoms with Gasteiger partial charge in [-0.25, -0.2) is 19.6 Å². The maximum Gasteiger partial charge on any atom is 0.407 e. The zero-order valence-corrected chi connectivity index (χ0v) is 37.0. The number of carbonyl (C=O) groups is 4. The van der Waals surface area contributed by atoms with Crippen molar-refractivity contribution >= 4 is 35.0 Å². The molecule has 5 heterocycles. The monoisotopic (exact) mass is 912 g/mol. The molecule has 4 N–H and O–H groups in total. The lowest BCUT2D eigenvalue weighted by molar-refractivity contribution is -0.137. The number of benzene rings is 4. The molecule has 0 saturated carbocycles. The highest BCUT2D eigenvalue weighted by Crippen LogP contribution is 2.53. The highest BCUT2D eigenvalue weighted by atomic mass is 19.3.